The normalized spacial score (nSPS) is 8.83. The van der Waals surface area contributed by atoms with Gasteiger partial charge in [0.05, 0.1) is 0 Å². The van der Waals surface area contributed by atoms with Crippen molar-refractivity contribution in [3.05, 3.63) is 66.2 Å². The predicted molar refractivity (Wildman–Crippen MR) is 103 cm³/mol. The molecule has 0 spiro atoms. The molecule has 2 aromatic rings. The van der Waals surface area contributed by atoms with Gasteiger partial charge in [-0.3, -0.25) is 4.79 Å². The Morgan fingerprint density at radius 1 is 0.875 bits per heavy atom. The van der Waals surface area contributed by atoms with Crippen LogP contribution in [-0.4, -0.2) is 19.2 Å². The van der Waals surface area contributed by atoms with Gasteiger partial charge >= 0.3 is 5.97 Å². The van der Waals surface area contributed by atoms with E-state index in [1.54, 1.807) is 0 Å². The summed E-state index contributed by atoms with van der Waals surface area (Å²) in [6, 6.07) is 19.9. The third-order valence-corrected chi connectivity index (χ3v) is 2.87. The van der Waals surface area contributed by atoms with E-state index in [0.717, 1.165) is 5.75 Å². The quantitative estimate of drug-likeness (QED) is 0.519. The van der Waals surface area contributed by atoms with Crippen LogP contribution in [0.4, 0.5) is 0 Å². The first-order valence-corrected chi connectivity index (χ1v) is 7.45. The summed E-state index contributed by atoms with van der Waals surface area (Å²) >= 11 is 0. The van der Waals surface area contributed by atoms with E-state index in [4.69, 9.17) is 9.47 Å². The second kappa shape index (κ2) is 14.3. The summed E-state index contributed by atoms with van der Waals surface area (Å²) in [5.41, 5.74) is 1.41. The van der Waals surface area contributed by atoms with Crippen molar-refractivity contribution in [1.29, 1.82) is 0 Å². The molecule has 0 unspecified atom stereocenters. The monoisotopic (exact) mass is 332 g/mol. The summed E-state index contributed by atoms with van der Waals surface area (Å²) in [6.45, 7) is 6.47. The Balaban J connectivity index is 0. The average molecular weight is 332 g/mol. The summed E-state index contributed by atoms with van der Waals surface area (Å²) in [4.78, 5) is 10.4. The van der Waals surface area contributed by atoms with E-state index in [2.05, 4.69) is 38.1 Å². The minimum Gasteiger partial charge on any atom is -0.490 e. The SMILES string of the molecule is C.C.CC(=O)OCCOc1ccccc1.CC(C)c1ccccc1. The third-order valence-electron chi connectivity index (χ3n) is 2.87. The van der Waals surface area contributed by atoms with Gasteiger partial charge in [-0.05, 0) is 23.6 Å². The first-order chi connectivity index (χ1) is 10.6. The lowest BCUT2D eigenvalue weighted by molar-refractivity contribution is -0.141. The first-order valence-electron chi connectivity index (χ1n) is 7.45. The summed E-state index contributed by atoms with van der Waals surface area (Å²) < 4.78 is 9.98. The Morgan fingerprint density at radius 2 is 1.38 bits per heavy atom. The molecule has 0 heterocycles. The maximum absolute atomic E-state index is 10.4. The molecule has 0 fully saturated rings. The van der Waals surface area contributed by atoms with Gasteiger partial charge in [0.1, 0.15) is 19.0 Å². The van der Waals surface area contributed by atoms with Crippen LogP contribution in [0.25, 0.3) is 0 Å². The van der Waals surface area contributed by atoms with E-state index >= 15 is 0 Å². The molecule has 0 bridgehead atoms. The van der Waals surface area contributed by atoms with Gasteiger partial charge in [0.25, 0.3) is 0 Å². The van der Waals surface area contributed by atoms with Crippen LogP contribution in [0.1, 0.15) is 47.1 Å². The number of rotatable bonds is 5. The van der Waals surface area contributed by atoms with Crippen LogP contribution < -0.4 is 4.74 Å². The van der Waals surface area contributed by atoms with Gasteiger partial charge in [-0.2, -0.15) is 0 Å². The fourth-order valence-corrected chi connectivity index (χ4v) is 1.70. The molecule has 3 heteroatoms. The van der Waals surface area contributed by atoms with Gasteiger partial charge < -0.3 is 9.47 Å². The topological polar surface area (TPSA) is 35.5 Å². The number of esters is 1. The Labute approximate surface area is 147 Å². The largest absolute Gasteiger partial charge is 0.490 e. The lowest BCUT2D eigenvalue weighted by atomic mass is 10.0. The Morgan fingerprint density at radius 3 is 1.79 bits per heavy atom. The van der Waals surface area contributed by atoms with Gasteiger partial charge in [0, 0.05) is 6.92 Å². The van der Waals surface area contributed by atoms with Crippen molar-refractivity contribution in [3.8, 4) is 5.75 Å². The van der Waals surface area contributed by atoms with Crippen LogP contribution in [0.3, 0.4) is 0 Å². The van der Waals surface area contributed by atoms with E-state index in [1.165, 1.54) is 12.5 Å². The zero-order valence-electron chi connectivity index (χ0n) is 13.5. The number of benzene rings is 2. The van der Waals surface area contributed by atoms with Gasteiger partial charge in [0.15, 0.2) is 0 Å². The second-order valence-electron chi connectivity index (χ2n) is 5.07. The highest BCUT2D eigenvalue weighted by Gasteiger charge is 1.94. The number of para-hydroxylation sites is 1. The van der Waals surface area contributed by atoms with Crippen molar-refractivity contribution in [2.24, 2.45) is 0 Å². The van der Waals surface area contributed by atoms with Crippen molar-refractivity contribution < 1.29 is 14.3 Å². The van der Waals surface area contributed by atoms with E-state index in [9.17, 15) is 4.79 Å². The molecule has 2 rings (SSSR count). The highest BCUT2D eigenvalue weighted by Crippen LogP contribution is 2.11. The Kier molecular flexibility index (Phi) is 14.3. The van der Waals surface area contributed by atoms with Crippen LogP contribution in [0.5, 0.6) is 5.75 Å². The molecule has 0 atom stereocenters. The lowest BCUT2D eigenvalue weighted by Crippen LogP contribution is -2.09. The van der Waals surface area contributed by atoms with Crippen LogP contribution in [0, 0.1) is 0 Å². The number of carbonyl (C=O) groups excluding carboxylic acids is 1. The van der Waals surface area contributed by atoms with Gasteiger partial charge in [-0.15, -0.1) is 0 Å². The van der Waals surface area contributed by atoms with Crippen LogP contribution in [0.2, 0.25) is 0 Å². The van der Waals surface area contributed by atoms with E-state index < -0.39 is 0 Å². The minimum atomic E-state index is -0.281. The number of carbonyl (C=O) groups is 1. The molecule has 0 aliphatic heterocycles. The highest BCUT2D eigenvalue weighted by molar-refractivity contribution is 5.65. The molecule has 0 radical (unpaired) electrons. The molecule has 0 amide bonds. The molecule has 2 aromatic carbocycles. The molecular weight excluding hydrogens is 300 g/mol. The summed E-state index contributed by atoms with van der Waals surface area (Å²) in [6.07, 6.45) is 0. The van der Waals surface area contributed by atoms with E-state index in [1.807, 2.05) is 36.4 Å². The van der Waals surface area contributed by atoms with Crippen molar-refractivity contribution in [2.45, 2.75) is 41.5 Å². The maximum Gasteiger partial charge on any atom is 0.302 e. The molecule has 0 aliphatic carbocycles. The standard InChI is InChI=1S/C10H12O3.C9H12.2CH4/c1-9(11)12-7-8-13-10-5-3-2-4-6-10;1-8(2)9-6-4-3-5-7-9;;/h2-6H,7-8H2,1H3;3-8H,1-2H3;2*1H4. The maximum atomic E-state index is 10.4. The van der Waals surface area contributed by atoms with Crippen LogP contribution in [-0.2, 0) is 9.53 Å². The highest BCUT2D eigenvalue weighted by atomic mass is 16.6. The zero-order chi connectivity index (χ0) is 16.2. The summed E-state index contributed by atoms with van der Waals surface area (Å²) in [7, 11) is 0. The van der Waals surface area contributed by atoms with Gasteiger partial charge in [-0.25, -0.2) is 0 Å². The third kappa shape index (κ3) is 11.3. The first kappa shape index (κ1) is 24.0. The molecular formula is C21H32O3. The molecule has 0 saturated carbocycles. The zero-order valence-corrected chi connectivity index (χ0v) is 13.5. The molecule has 134 valence electrons. The molecule has 0 aromatic heterocycles. The smallest absolute Gasteiger partial charge is 0.302 e. The lowest BCUT2D eigenvalue weighted by Gasteiger charge is -2.05. The minimum absolute atomic E-state index is 0. The molecule has 3 nitrogen and oxygen atoms in total. The van der Waals surface area contributed by atoms with Gasteiger partial charge in [-0.1, -0.05) is 77.2 Å². The number of ether oxygens (including phenoxy) is 2. The Bertz CT molecular complexity index is 521. The fourth-order valence-electron chi connectivity index (χ4n) is 1.70. The average Bonchev–Trinajstić information content (AvgIpc) is 2.54. The second-order valence-corrected chi connectivity index (χ2v) is 5.07. The van der Waals surface area contributed by atoms with Crippen LogP contribution in [0.15, 0.2) is 60.7 Å². The van der Waals surface area contributed by atoms with E-state index in [-0.39, 0.29) is 20.8 Å². The number of hydrogen-bond donors (Lipinski definition) is 0. The van der Waals surface area contributed by atoms with E-state index in [0.29, 0.717) is 19.1 Å². The summed E-state index contributed by atoms with van der Waals surface area (Å²) in [5, 5.41) is 0. The van der Waals surface area contributed by atoms with Crippen molar-refractivity contribution >= 4 is 5.97 Å². The Hall–Kier alpha value is -2.29. The summed E-state index contributed by atoms with van der Waals surface area (Å²) in [5.74, 6) is 1.16. The van der Waals surface area contributed by atoms with Crippen molar-refractivity contribution in [3.63, 3.8) is 0 Å². The van der Waals surface area contributed by atoms with Crippen molar-refractivity contribution in [2.75, 3.05) is 13.2 Å². The van der Waals surface area contributed by atoms with Crippen LogP contribution >= 0.6 is 0 Å². The fraction of sp³-hybridized carbons (Fsp3) is 0.381. The molecule has 0 aliphatic rings. The van der Waals surface area contributed by atoms with Gasteiger partial charge in [0.2, 0.25) is 0 Å². The number of hydrogen-bond acceptors (Lipinski definition) is 3. The predicted octanol–water partition coefficient (Wildman–Crippen LogP) is 5.71. The van der Waals surface area contributed by atoms with Crippen molar-refractivity contribution in [1.82, 2.24) is 0 Å². The molecule has 0 N–H and O–H groups in total. The molecule has 24 heavy (non-hydrogen) atoms. The molecule has 0 saturated heterocycles.